The molecule has 1 N–H and O–H groups in total. The van der Waals surface area contributed by atoms with Gasteiger partial charge in [0.05, 0.1) is 22.6 Å². The van der Waals surface area contributed by atoms with E-state index in [0.717, 1.165) is 59.3 Å². The maximum Gasteiger partial charge on any atom is 0.258 e. The van der Waals surface area contributed by atoms with Crippen LogP contribution >= 0.6 is 12.4 Å². The Bertz CT molecular complexity index is 1300. The molecule has 3 aromatic heterocycles. The summed E-state index contributed by atoms with van der Waals surface area (Å²) in [7, 11) is 1.91. The van der Waals surface area contributed by atoms with Crippen molar-refractivity contribution in [3.63, 3.8) is 0 Å². The highest BCUT2D eigenvalue weighted by molar-refractivity contribution is 5.86. The number of aryl methyl sites for hydroxylation is 3. The van der Waals surface area contributed by atoms with Crippen LogP contribution in [0.2, 0.25) is 0 Å². The Morgan fingerprint density at radius 3 is 2.60 bits per heavy atom. The van der Waals surface area contributed by atoms with Crippen LogP contribution in [0.15, 0.2) is 35.4 Å². The number of halogens is 1. The maximum absolute atomic E-state index is 13.0. The molecule has 30 heavy (non-hydrogen) atoms. The first kappa shape index (κ1) is 20.5. The molecule has 4 aromatic rings. The Hall–Kier alpha value is -2.77. The monoisotopic (exact) mass is 424 g/mol. The lowest BCUT2D eigenvalue weighted by Gasteiger charge is -2.22. The van der Waals surface area contributed by atoms with Gasteiger partial charge in [-0.1, -0.05) is 0 Å². The fourth-order valence-electron chi connectivity index (χ4n) is 4.32. The third-order valence-electron chi connectivity index (χ3n) is 5.80. The molecule has 0 aliphatic carbocycles. The van der Waals surface area contributed by atoms with Gasteiger partial charge in [-0.2, -0.15) is 5.10 Å². The molecule has 0 spiro atoms. The van der Waals surface area contributed by atoms with Crippen LogP contribution in [-0.2, 0) is 7.05 Å². The summed E-state index contributed by atoms with van der Waals surface area (Å²) >= 11 is 0. The maximum atomic E-state index is 13.0. The minimum Gasteiger partial charge on any atom is -0.317 e. The van der Waals surface area contributed by atoms with Crippen LogP contribution in [0.3, 0.4) is 0 Å². The van der Waals surface area contributed by atoms with Crippen molar-refractivity contribution in [2.75, 3.05) is 13.1 Å². The zero-order chi connectivity index (χ0) is 20.1. The van der Waals surface area contributed by atoms with E-state index in [9.17, 15) is 4.79 Å². The van der Waals surface area contributed by atoms with Crippen molar-refractivity contribution < 1.29 is 0 Å². The second kappa shape index (κ2) is 7.81. The van der Waals surface area contributed by atoms with Gasteiger partial charge >= 0.3 is 0 Å². The Labute approximate surface area is 180 Å². The van der Waals surface area contributed by atoms with Crippen molar-refractivity contribution in [3.05, 3.63) is 57.9 Å². The van der Waals surface area contributed by atoms with Gasteiger partial charge in [-0.3, -0.25) is 18.9 Å². The zero-order valence-corrected chi connectivity index (χ0v) is 18.2. The van der Waals surface area contributed by atoms with Gasteiger partial charge in [0.1, 0.15) is 0 Å². The minimum absolute atomic E-state index is 0. The van der Waals surface area contributed by atoms with Crippen molar-refractivity contribution in [2.45, 2.75) is 32.6 Å². The van der Waals surface area contributed by atoms with Gasteiger partial charge in [-0.25, -0.2) is 4.98 Å². The SMILES string of the molecule is Cc1cc(-c2cc(=O)n3cc(C4CCNCC4)nc(C)c3n2)cc2cn(C)nc12.Cl. The highest BCUT2D eigenvalue weighted by Crippen LogP contribution is 2.27. The summed E-state index contributed by atoms with van der Waals surface area (Å²) in [6.07, 6.45) is 5.95. The molecular formula is C22H25ClN6O. The topological polar surface area (TPSA) is 77.1 Å². The van der Waals surface area contributed by atoms with Crippen LogP contribution in [0.5, 0.6) is 0 Å². The predicted octanol–water partition coefficient (Wildman–Crippen LogP) is 3.15. The number of benzene rings is 1. The number of hydrogen-bond donors (Lipinski definition) is 1. The smallest absolute Gasteiger partial charge is 0.258 e. The molecule has 4 heterocycles. The van der Waals surface area contributed by atoms with E-state index in [-0.39, 0.29) is 18.0 Å². The summed E-state index contributed by atoms with van der Waals surface area (Å²) < 4.78 is 3.46. The van der Waals surface area contributed by atoms with Crippen LogP contribution in [0.1, 0.15) is 35.7 Å². The number of nitrogens with one attached hydrogen (secondary N) is 1. The molecule has 0 unspecified atom stereocenters. The van der Waals surface area contributed by atoms with Gasteiger partial charge < -0.3 is 5.32 Å². The molecular weight excluding hydrogens is 400 g/mol. The second-order valence-corrected chi connectivity index (χ2v) is 7.98. The van der Waals surface area contributed by atoms with Gasteiger partial charge in [-0.15, -0.1) is 12.4 Å². The summed E-state index contributed by atoms with van der Waals surface area (Å²) in [4.78, 5) is 22.6. The van der Waals surface area contributed by atoms with Crippen LogP contribution in [0, 0.1) is 13.8 Å². The fourth-order valence-corrected chi connectivity index (χ4v) is 4.32. The molecule has 0 atom stereocenters. The fraction of sp³-hybridized carbons (Fsp3) is 0.364. The van der Waals surface area contributed by atoms with E-state index < -0.39 is 0 Å². The Morgan fingerprint density at radius 2 is 1.83 bits per heavy atom. The predicted molar refractivity (Wildman–Crippen MR) is 121 cm³/mol. The quantitative estimate of drug-likeness (QED) is 0.535. The third kappa shape index (κ3) is 3.48. The van der Waals surface area contributed by atoms with Crippen molar-refractivity contribution in [2.24, 2.45) is 7.05 Å². The number of aromatic nitrogens is 5. The third-order valence-corrected chi connectivity index (χ3v) is 5.80. The minimum atomic E-state index is -0.0744. The normalized spacial score (nSPS) is 14.9. The first-order chi connectivity index (χ1) is 14.0. The molecule has 1 aromatic carbocycles. The standard InChI is InChI=1S/C22H24N6O.ClH/c1-13-8-16(9-17-11-27(3)26-21(13)17)18-10-20(29)28-12-19(15-4-6-23-7-5-15)24-14(2)22(28)25-18;/h8-12,15,23H,4-7H2,1-3H3;1H. The number of rotatable bonds is 2. The van der Waals surface area contributed by atoms with Gasteiger partial charge in [0.15, 0.2) is 5.65 Å². The van der Waals surface area contributed by atoms with Gasteiger partial charge in [0.25, 0.3) is 5.56 Å². The van der Waals surface area contributed by atoms with Crippen molar-refractivity contribution in [1.82, 2.24) is 29.5 Å². The summed E-state index contributed by atoms with van der Waals surface area (Å²) in [5, 5.41) is 8.92. The van der Waals surface area contributed by atoms with Gasteiger partial charge in [0, 0.05) is 42.4 Å². The molecule has 8 heteroatoms. The first-order valence-corrected chi connectivity index (χ1v) is 10.1. The number of hydrogen-bond acceptors (Lipinski definition) is 5. The molecule has 1 aliphatic heterocycles. The Balaban J connectivity index is 0.00000218. The van der Waals surface area contributed by atoms with Crippen molar-refractivity contribution in [3.8, 4) is 11.3 Å². The van der Waals surface area contributed by atoms with Gasteiger partial charge in [0.2, 0.25) is 0 Å². The van der Waals surface area contributed by atoms with Crippen molar-refractivity contribution >= 4 is 29.0 Å². The summed E-state index contributed by atoms with van der Waals surface area (Å²) in [6, 6.07) is 5.70. The van der Waals surface area contributed by atoms with Crippen LogP contribution in [0.25, 0.3) is 27.8 Å². The van der Waals surface area contributed by atoms with E-state index in [1.807, 2.05) is 45.4 Å². The molecule has 0 radical (unpaired) electrons. The molecule has 1 saturated heterocycles. The molecule has 1 fully saturated rings. The van der Waals surface area contributed by atoms with Crippen LogP contribution in [0.4, 0.5) is 0 Å². The van der Waals surface area contributed by atoms with E-state index >= 15 is 0 Å². The molecule has 5 rings (SSSR count). The molecule has 1 aliphatic rings. The molecule has 0 bridgehead atoms. The number of fused-ring (bicyclic) bond motifs is 2. The average molecular weight is 425 g/mol. The summed E-state index contributed by atoms with van der Waals surface area (Å²) in [5.74, 6) is 0.390. The highest BCUT2D eigenvalue weighted by Gasteiger charge is 2.19. The largest absolute Gasteiger partial charge is 0.317 e. The van der Waals surface area contributed by atoms with Gasteiger partial charge in [-0.05, 0) is 57.5 Å². The van der Waals surface area contributed by atoms with E-state index in [1.54, 1.807) is 15.1 Å². The second-order valence-electron chi connectivity index (χ2n) is 7.98. The molecule has 0 amide bonds. The lowest BCUT2D eigenvalue weighted by Crippen LogP contribution is -2.28. The summed E-state index contributed by atoms with van der Waals surface area (Å²) in [6.45, 7) is 5.95. The van der Waals surface area contributed by atoms with Crippen LogP contribution in [-0.4, -0.2) is 37.2 Å². The van der Waals surface area contributed by atoms with Crippen LogP contribution < -0.4 is 10.9 Å². The van der Waals surface area contributed by atoms with Crippen molar-refractivity contribution in [1.29, 1.82) is 0 Å². The highest BCUT2D eigenvalue weighted by atomic mass is 35.5. The summed E-state index contributed by atoms with van der Waals surface area (Å²) in [5.41, 5.74) is 5.95. The van der Waals surface area contributed by atoms with E-state index in [4.69, 9.17) is 9.97 Å². The number of piperidine rings is 1. The first-order valence-electron chi connectivity index (χ1n) is 10.1. The molecule has 156 valence electrons. The lowest BCUT2D eigenvalue weighted by molar-refractivity contribution is 0.451. The zero-order valence-electron chi connectivity index (χ0n) is 17.3. The lowest BCUT2D eigenvalue weighted by atomic mass is 9.95. The average Bonchev–Trinajstić information content (AvgIpc) is 3.10. The van der Waals surface area contributed by atoms with E-state index in [0.29, 0.717) is 17.3 Å². The Kier molecular flexibility index (Phi) is 5.34. The molecule has 0 saturated carbocycles. The van der Waals surface area contributed by atoms with E-state index in [2.05, 4.69) is 10.4 Å². The van der Waals surface area contributed by atoms with E-state index in [1.165, 1.54) is 0 Å². The molecule has 7 nitrogen and oxygen atoms in total. The Morgan fingerprint density at radius 1 is 1.07 bits per heavy atom. The number of nitrogens with zero attached hydrogens (tertiary/aromatic N) is 5.